The molecule has 0 aliphatic carbocycles. The molecule has 22 heavy (non-hydrogen) atoms. The van der Waals surface area contributed by atoms with Crippen molar-refractivity contribution in [1.82, 2.24) is 4.98 Å². The first kappa shape index (κ1) is 14.3. The van der Waals surface area contributed by atoms with E-state index in [-0.39, 0.29) is 10.8 Å². The first-order valence-corrected chi connectivity index (χ1v) is 7.47. The van der Waals surface area contributed by atoms with Gasteiger partial charge in [-0.2, -0.15) is 5.10 Å². The highest BCUT2D eigenvalue weighted by molar-refractivity contribution is 8.15. The van der Waals surface area contributed by atoms with E-state index in [2.05, 4.69) is 15.5 Å². The molecule has 6 heteroatoms. The van der Waals surface area contributed by atoms with E-state index in [4.69, 9.17) is 4.42 Å². The lowest BCUT2D eigenvalue weighted by atomic mass is 10.3. The summed E-state index contributed by atoms with van der Waals surface area (Å²) in [6.07, 6.45) is 0. The summed E-state index contributed by atoms with van der Waals surface area (Å²) in [6.45, 7) is 1.46. The number of ketones is 1. The lowest BCUT2D eigenvalue weighted by Gasteiger charge is -2.02. The van der Waals surface area contributed by atoms with Crippen LogP contribution in [0.15, 0.2) is 69.3 Å². The first-order chi connectivity index (χ1) is 10.7. The third kappa shape index (κ3) is 3.35. The second-order valence-corrected chi connectivity index (χ2v) is 5.44. The predicted octanol–water partition coefficient (Wildman–Crippen LogP) is 3.93. The number of rotatable bonds is 4. The van der Waals surface area contributed by atoms with Crippen LogP contribution >= 0.6 is 11.8 Å². The molecule has 0 aliphatic heterocycles. The van der Waals surface area contributed by atoms with Crippen molar-refractivity contribution in [2.75, 3.05) is 5.43 Å². The van der Waals surface area contributed by atoms with Gasteiger partial charge < -0.3 is 4.42 Å². The average Bonchev–Trinajstić information content (AvgIpc) is 2.94. The van der Waals surface area contributed by atoms with Gasteiger partial charge in [-0.05, 0) is 36.0 Å². The van der Waals surface area contributed by atoms with E-state index in [0.29, 0.717) is 10.8 Å². The Morgan fingerprint density at radius 2 is 1.86 bits per heavy atom. The van der Waals surface area contributed by atoms with Crippen molar-refractivity contribution in [1.29, 1.82) is 0 Å². The second kappa shape index (κ2) is 6.44. The summed E-state index contributed by atoms with van der Waals surface area (Å²) >= 11 is 1.10. The Bertz CT molecular complexity index is 795. The summed E-state index contributed by atoms with van der Waals surface area (Å²) < 4.78 is 5.59. The van der Waals surface area contributed by atoms with E-state index in [0.717, 1.165) is 23.0 Å². The Hall–Kier alpha value is -2.60. The monoisotopic (exact) mass is 311 g/mol. The number of carbonyl (C=O) groups excluding carboxylic acids is 1. The number of para-hydroxylation sites is 3. The number of thioether (sulfide) groups is 1. The van der Waals surface area contributed by atoms with E-state index >= 15 is 0 Å². The van der Waals surface area contributed by atoms with Crippen molar-refractivity contribution < 1.29 is 9.21 Å². The largest absolute Gasteiger partial charge is 0.431 e. The van der Waals surface area contributed by atoms with Gasteiger partial charge in [0.25, 0.3) is 5.22 Å². The fourth-order valence-corrected chi connectivity index (χ4v) is 2.45. The average molecular weight is 311 g/mol. The summed E-state index contributed by atoms with van der Waals surface area (Å²) in [6, 6.07) is 16.9. The molecule has 3 aromatic rings. The maximum atomic E-state index is 11.7. The number of aromatic nitrogens is 1. The van der Waals surface area contributed by atoms with Crippen LogP contribution in [0.1, 0.15) is 6.92 Å². The third-order valence-corrected chi connectivity index (χ3v) is 3.74. The minimum absolute atomic E-state index is 0.157. The standard InChI is InChI=1S/C16H13N3O2S/c1-11(20)15(19-18-12-7-3-2-4-8-12)22-16-17-13-9-5-6-10-14(13)21-16/h2-10,18H,1H3. The number of carbonyl (C=O) groups is 1. The molecule has 0 saturated heterocycles. The topological polar surface area (TPSA) is 67.5 Å². The van der Waals surface area contributed by atoms with E-state index in [1.54, 1.807) is 0 Å². The molecule has 0 unspecified atom stereocenters. The number of hydrogen-bond acceptors (Lipinski definition) is 6. The number of benzene rings is 2. The third-order valence-electron chi connectivity index (χ3n) is 2.82. The van der Waals surface area contributed by atoms with Crippen molar-refractivity contribution in [3.63, 3.8) is 0 Å². The zero-order chi connectivity index (χ0) is 15.4. The summed E-state index contributed by atoms with van der Waals surface area (Å²) in [5.74, 6) is -0.157. The van der Waals surface area contributed by atoms with Gasteiger partial charge in [0.2, 0.25) is 0 Å². The lowest BCUT2D eigenvalue weighted by Crippen LogP contribution is -2.08. The summed E-state index contributed by atoms with van der Waals surface area (Å²) in [4.78, 5) is 16.0. The Kier molecular flexibility index (Phi) is 4.20. The summed E-state index contributed by atoms with van der Waals surface area (Å²) in [5, 5.41) is 4.82. The Morgan fingerprint density at radius 1 is 1.14 bits per heavy atom. The van der Waals surface area contributed by atoms with Crippen LogP contribution in [0.5, 0.6) is 0 Å². The van der Waals surface area contributed by atoms with Gasteiger partial charge in [0, 0.05) is 6.92 Å². The van der Waals surface area contributed by atoms with E-state index in [9.17, 15) is 4.79 Å². The number of anilines is 1. The quantitative estimate of drug-likeness (QED) is 0.342. The van der Waals surface area contributed by atoms with Gasteiger partial charge >= 0.3 is 0 Å². The molecule has 0 aliphatic rings. The van der Waals surface area contributed by atoms with Crippen LogP contribution in [-0.2, 0) is 4.79 Å². The van der Waals surface area contributed by atoms with Crippen molar-refractivity contribution in [2.45, 2.75) is 12.1 Å². The van der Waals surface area contributed by atoms with Crippen LogP contribution in [0.25, 0.3) is 11.1 Å². The van der Waals surface area contributed by atoms with Gasteiger partial charge in [0.05, 0.1) is 5.69 Å². The van der Waals surface area contributed by atoms with Crippen molar-refractivity contribution in [2.24, 2.45) is 5.10 Å². The SMILES string of the molecule is CC(=O)C(=NNc1ccccc1)Sc1nc2ccccc2o1. The van der Waals surface area contributed by atoms with Crippen LogP contribution < -0.4 is 5.43 Å². The maximum absolute atomic E-state index is 11.7. The minimum Gasteiger partial charge on any atom is -0.431 e. The molecule has 2 aromatic carbocycles. The van der Waals surface area contributed by atoms with Gasteiger partial charge in [-0.1, -0.05) is 30.3 Å². The highest BCUT2D eigenvalue weighted by atomic mass is 32.2. The van der Waals surface area contributed by atoms with Gasteiger partial charge in [0.15, 0.2) is 16.4 Å². The number of hydrogen-bond donors (Lipinski definition) is 1. The molecule has 1 N–H and O–H groups in total. The lowest BCUT2D eigenvalue weighted by molar-refractivity contribution is -0.110. The molecule has 0 atom stereocenters. The van der Waals surface area contributed by atoms with Crippen LogP contribution in [-0.4, -0.2) is 15.8 Å². The normalized spacial score (nSPS) is 11.6. The zero-order valence-electron chi connectivity index (χ0n) is 11.8. The highest BCUT2D eigenvalue weighted by Gasteiger charge is 2.14. The molecule has 5 nitrogen and oxygen atoms in total. The molecular weight excluding hydrogens is 298 g/mol. The van der Waals surface area contributed by atoms with Gasteiger partial charge in [-0.25, -0.2) is 4.98 Å². The zero-order valence-corrected chi connectivity index (χ0v) is 12.6. The van der Waals surface area contributed by atoms with E-state index in [1.807, 2.05) is 54.6 Å². The number of nitrogens with one attached hydrogen (secondary N) is 1. The molecule has 110 valence electrons. The molecule has 1 heterocycles. The first-order valence-electron chi connectivity index (χ1n) is 6.65. The molecule has 0 amide bonds. The number of oxazole rings is 1. The van der Waals surface area contributed by atoms with Crippen molar-refractivity contribution >= 4 is 39.4 Å². The van der Waals surface area contributed by atoms with Crippen molar-refractivity contribution in [3.05, 3.63) is 54.6 Å². The molecule has 0 fully saturated rings. The second-order valence-electron chi connectivity index (χ2n) is 4.50. The predicted molar refractivity (Wildman–Crippen MR) is 88.0 cm³/mol. The molecule has 0 bridgehead atoms. The summed E-state index contributed by atoms with van der Waals surface area (Å²) in [5.41, 5.74) is 5.10. The van der Waals surface area contributed by atoms with Crippen LogP contribution in [0.3, 0.4) is 0 Å². The number of Topliss-reactive ketones (excluding diaryl/α,β-unsaturated/α-hetero) is 1. The van der Waals surface area contributed by atoms with Crippen LogP contribution in [0.2, 0.25) is 0 Å². The highest BCUT2D eigenvalue weighted by Crippen LogP contribution is 2.24. The minimum atomic E-state index is -0.157. The molecule has 0 radical (unpaired) electrons. The van der Waals surface area contributed by atoms with Crippen LogP contribution in [0.4, 0.5) is 5.69 Å². The molecule has 3 rings (SSSR count). The Morgan fingerprint density at radius 3 is 2.59 bits per heavy atom. The van der Waals surface area contributed by atoms with Gasteiger partial charge in [-0.3, -0.25) is 10.2 Å². The van der Waals surface area contributed by atoms with Crippen molar-refractivity contribution in [3.8, 4) is 0 Å². The molecule has 0 spiro atoms. The van der Waals surface area contributed by atoms with E-state index in [1.165, 1.54) is 6.92 Å². The van der Waals surface area contributed by atoms with Gasteiger partial charge in [0.1, 0.15) is 5.52 Å². The maximum Gasteiger partial charge on any atom is 0.263 e. The Labute approximate surface area is 131 Å². The van der Waals surface area contributed by atoms with E-state index < -0.39 is 0 Å². The van der Waals surface area contributed by atoms with Gasteiger partial charge in [-0.15, -0.1) is 0 Å². The molecular formula is C16H13N3O2S. The number of nitrogens with zero attached hydrogens (tertiary/aromatic N) is 2. The summed E-state index contributed by atoms with van der Waals surface area (Å²) in [7, 11) is 0. The fraction of sp³-hybridized carbons (Fsp3) is 0.0625. The number of hydrazone groups is 1. The Balaban J connectivity index is 1.80. The molecule has 1 aromatic heterocycles. The fourth-order valence-electron chi connectivity index (χ4n) is 1.78. The molecule has 0 saturated carbocycles. The number of fused-ring (bicyclic) bond motifs is 1. The van der Waals surface area contributed by atoms with Crippen LogP contribution in [0, 0.1) is 0 Å². The smallest absolute Gasteiger partial charge is 0.263 e.